The largest absolute Gasteiger partial charge is 0.481 e. The molecule has 0 unspecified atom stereocenters. The van der Waals surface area contributed by atoms with Gasteiger partial charge in [-0.1, -0.05) is 6.92 Å². The molecule has 17 heavy (non-hydrogen) atoms. The second-order valence-corrected chi connectivity index (χ2v) is 3.63. The molecular weight excluding hydrogens is 222 g/mol. The summed E-state index contributed by atoms with van der Waals surface area (Å²) in [4.78, 5) is 20.4. The van der Waals surface area contributed by atoms with Crippen molar-refractivity contribution >= 4 is 11.8 Å². The lowest BCUT2D eigenvalue weighted by atomic mass is 10.4. The lowest BCUT2D eigenvalue weighted by molar-refractivity contribution is -0.136. The molecule has 0 aromatic carbocycles. The summed E-state index contributed by atoms with van der Waals surface area (Å²) in [6.45, 7) is 2.99. The molecule has 0 fully saturated rings. The van der Waals surface area contributed by atoms with Crippen molar-refractivity contribution < 1.29 is 14.6 Å². The summed E-state index contributed by atoms with van der Waals surface area (Å²) in [7, 11) is 1.77. The number of rotatable bonds is 7. The summed E-state index contributed by atoms with van der Waals surface area (Å²) in [6.07, 6.45) is 4.10. The highest BCUT2D eigenvalue weighted by Gasteiger charge is 2.07. The second-order valence-electron chi connectivity index (χ2n) is 3.63. The van der Waals surface area contributed by atoms with Crippen molar-refractivity contribution in [2.24, 2.45) is 0 Å². The van der Waals surface area contributed by atoms with E-state index in [0.29, 0.717) is 24.8 Å². The van der Waals surface area contributed by atoms with Gasteiger partial charge in [-0.05, 0) is 6.42 Å². The average Bonchev–Trinajstić information content (AvgIpc) is 2.33. The Morgan fingerprint density at radius 3 is 2.94 bits per heavy atom. The Labute approximate surface area is 100 Å². The minimum absolute atomic E-state index is 0.0677. The predicted octanol–water partition coefficient (Wildman–Crippen LogP) is 1.18. The Balaban J connectivity index is 2.60. The van der Waals surface area contributed by atoms with Crippen LogP contribution in [0.4, 0.5) is 5.82 Å². The third-order valence-electron chi connectivity index (χ3n) is 2.11. The SMILES string of the molecule is CCCOc1cncc(N(C)CCC(=O)O)n1. The van der Waals surface area contributed by atoms with Crippen LogP contribution in [0.1, 0.15) is 19.8 Å². The quantitative estimate of drug-likeness (QED) is 0.770. The van der Waals surface area contributed by atoms with Crippen LogP contribution in [0.5, 0.6) is 5.88 Å². The van der Waals surface area contributed by atoms with Gasteiger partial charge < -0.3 is 14.7 Å². The number of hydrogen-bond donors (Lipinski definition) is 1. The molecule has 1 aromatic rings. The van der Waals surface area contributed by atoms with Crippen LogP contribution in [0.25, 0.3) is 0 Å². The first-order valence-corrected chi connectivity index (χ1v) is 5.51. The summed E-state index contributed by atoms with van der Waals surface area (Å²) in [6, 6.07) is 0. The topological polar surface area (TPSA) is 75.5 Å². The Morgan fingerprint density at radius 1 is 1.53 bits per heavy atom. The number of carboxylic acids is 1. The summed E-state index contributed by atoms with van der Waals surface area (Å²) < 4.78 is 5.35. The van der Waals surface area contributed by atoms with Crippen molar-refractivity contribution in [1.82, 2.24) is 9.97 Å². The lowest BCUT2D eigenvalue weighted by Gasteiger charge is -2.16. The normalized spacial score (nSPS) is 10.0. The first kappa shape index (κ1) is 13.2. The van der Waals surface area contributed by atoms with Crippen LogP contribution in [-0.2, 0) is 4.79 Å². The molecule has 0 spiro atoms. The first-order valence-electron chi connectivity index (χ1n) is 5.51. The van der Waals surface area contributed by atoms with E-state index in [4.69, 9.17) is 9.84 Å². The van der Waals surface area contributed by atoms with Crippen molar-refractivity contribution in [2.45, 2.75) is 19.8 Å². The van der Waals surface area contributed by atoms with Gasteiger partial charge in [0.15, 0.2) is 5.82 Å². The smallest absolute Gasteiger partial charge is 0.305 e. The monoisotopic (exact) mass is 239 g/mol. The minimum Gasteiger partial charge on any atom is -0.481 e. The highest BCUT2D eigenvalue weighted by molar-refractivity contribution is 5.67. The summed E-state index contributed by atoms with van der Waals surface area (Å²) in [5.41, 5.74) is 0. The van der Waals surface area contributed by atoms with E-state index in [0.717, 1.165) is 6.42 Å². The van der Waals surface area contributed by atoms with Crippen molar-refractivity contribution in [3.63, 3.8) is 0 Å². The number of carboxylic acid groups (broad SMARTS) is 1. The molecule has 0 aliphatic rings. The number of carbonyl (C=O) groups is 1. The molecule has 0 aliphatic carbocycles. The van der Waals surface area contributed by atoms with Crippen molar-refractivity contribution in [1.29, 1.82) is 0 Å². The Bertz CT molecular complexity index is 371. The molecule has 6 nitrogen and oxygen atoms in total. The Hall–Kier alpha value is -1.85. The maximum atomic E-state index is 10.5. The van der Waals surface area contributed by atoms with Gasteiger partial charge in [0.2, 0.25) is 5.88 Å². The fourth-order valence-corrected chi connectivity index (χ4v) is 1.18. The standard InChI is InChI=1S/C11H17N3O3/c1-3-6-17-10-8-12-7-9(13-10)14(2)5-4-11(15)16/h7-8H,3-6H2,1-2H3,(H,15,16). The molecule has 0 bridgehead atoms. The van der Waals surface area contributed by atoms with Gasteiger partial charge in [-0.2, -0.15) is 4.98 Å². The average molecular weight is 239 g/mol. The summed E-state index contributed by atoms with van der Waals surface area (Å²) in [5, 5.41) is 8.59. The maximum Gasteiger partial charge on any atom is 0.305 e. The van der Waals surface area contributed by atoms with Gasteiger partial charge in [0.05, 0.1) is 25.4 Å². The van der Waals surface area contributed by atoms with Gasteiger partial charge in [0, 0.05) is 13.6 Å². The molecule has 0 atom stereocenters. The molecule has 0 saturated carbocycles. The Kier molecular flexibility index (Phi) is 5.19. The van der Waals surface area contributed by atoms with Crippen LogP contribution in [0.2, 0.25) is 0 Å². The molecule has 6 heteroatoms. The summed E-state index contributed by atoms with van der Waals surface area (Å²) in [5.74, 6) is 0.245. The Morgan fingerprint density at radius 2 is 2.29 bits per heavy atom. The van der Waals surface area contributed by atoms with Crippen LogP contribution < -0.4 is 9.64 Å². The molecular formula is C11H17N3O3. The van der Waals surface area contributed by atoms with E-state index in [1.165, 1.54) is 0 Å². The molecule has 1 N–H and O–H groups in total. The zero-order chi connectivity index (χ0) is 12.7. The van der Waals surface area contributed by atoms with Gasteiger partial charge in [-0.15, -0.1) is 0 Å². The van der Waals surface area contributed by atoms with Crippen LogP contribution in [0, 0.1) is 0 Å². The highest BCUT2D eigenvalue weighted by Crippen LogP contribution is 2.12. The maximum absolute atomic E-state index is 10.5. The highest BCUT2D eigenvalue weighted by atomic mass is 16.5. The fourth-order valence-electron chi connectivity index (χ4n) is 1.18. The number of anilines is 1. The van der Waals surface area contributed by atoms with E-state index in [2.05, 4.69) is 9.97 Å². The third kappa shape index (κ3) is 4.67. The van der Waals surface area contributed by atoms with E-state index in [1.807, 2.05) is 6.92 Å². The molecule has 0 radical (unpaired) electrons. The van der Waals surface area contributed by atoms with Crippen molar-refractivity contribution in [3.05, 3.63) is 12.4 Å². The van der Waals surface area contributed by atoms with E-state index in [1.54, 1.807) is 24.3 Å². The van der Waals surface area contributed by atoms with Crippen molar-refractivity contribution in [2.75, 3.05) is 25.1 Å². The van der Waals surface area contributed by atoms with Gasteiger partial charge in [0.1, 0.15) is 0 Å². The fraction of sp³-hybridized carbons (Fsp3) is 0.545. The van der Waals surface area contributed by atoms with E-state index >= 15 is 0 Å². The van der Waals surface area contributed by atoms with Crippen molar-refractivity contribution in [3.8, 4) is 5.88 Å². The van der Waals surface area contributed by atoms with E-state index in [9.17, 15) is 4.79 Å². The zero-order valence-corrected chi connectivity index (χ0v) is 10.1. The number of ether oxygens (including phenoxy) is 1. The molecule has 0 amide bonds. The molecule has 0 saturated heterocycles. The molecule has 0 aliphatic heterocycles. The van der Waals surface area contributed by atoms with Crippen LogP contribution in [0.3, 0.4) is 0 Å². The number of nitrogens with zero attached hydrogens (tertiary/aromatic N) is 3. The van der Waals surface area contributed by atoms with Gasteiger partial charge in [0.25, 0.3) is 0 Å². The first-order chi connectivity index (χ1) is 8.13. The van der Waals surface area contributed by atoms with Crippen LogP contribution in [0.15, 0.2) is 12.4 Å². The minimum atomic E-state index is -0.830. The molecule has 1 heterocycles. The molecule has 1 aromatic heterocycles. The summed E-state index contributed by atoms with van der Waals surface area (Å²) >= 11 is 0. The van der Waals surface area contributed by atoms with E-state index in [-0.39, 0.29) is 6.42 Å². The van der Waals surface area contributed by atoms with Gasteiger partial charge >= 0.3 is 5.97 Å². The molecule has 94 valence electrons. The van der Waals surface area contributed by atoms with Crippen LogP contribution >= 0.6 is 0 Å². The third-order valence-corrected chi connectivity index (χ3v) is 2.11. The van der Waals surface area contributed by atoms with Gasteiger partial charge in [-0.3, -0.25) is 9.78 Å². The number of aliphatic carboxylic acids is 1. The second kappa shape index (κ2) is 6.67. The lowest BCUT2D eigenvalue weighted by Crippen LogP contribution is -2.22. The molecule has 1 rings (SSSR count). The van der Waals surface area contributed by atoms with E-state index < -0.39 is 5.97 Å². The van der Waals surface area contributed by atoms with Gasteiger partial charge in [-0.25, -0.2) is 0 Å². The predicted molar refractivity (Wildman–Crippen MR) is 63.3 cm³/mol. The zero-order valence-electron chi connectivity index (χ0n) is 10.1. The number of aromatic nitrogens is 2. The number of hydrogen-bond acceptors (Lipinski definition) is 5. The van der Waals surface area contributed by atoms with Crippen LogP contribution in [-0.4, -0.2) is 41.2 Å².